The van der Waals surface area contributed by atoms with Gasteiger partial charge in [-0.25, -0.2) is 14.4 Å². The first kappa shape index (κ1) is 12.0. The lowest BCUT2D eigenvalue weighted by molar-refractivity contribution is 0.556. The molecule has 0 unspecified atom stereocenters. The highest BCUT2D eigenvalue weighted by Gasteiger charge is 2.17. The molecule has 0 saturated carbocycles. The van der Waals surface area contributed by atoms with Crippen molar-refractivity contribution in [2.45, 2.75) is 26.2 Å². The van der Waals surface area contributed by atoms with Crippen molar-refractivity contribution in [2.24, 2.45) is 0 Å². The first-order valence-corrected chi connectivity index (χ1v) is 6.40. The van der Waals surface area contributed by atoms with Crippen molar-refractivity contribution in [3.63, 3.8) is 0 Å². The number of anilines is 1. The van der Waals surface area contributed by atoms with Gasteiger partial charge in [0, 0.05) is 13.1 Å². The summed E-state index contributed by atoms with van der Waals surface area (Å²) in [6, 6.07) is 0. The van der Waals surface area contributed by atoms with Gasteiger partial charge >= 0.3 is 0 Å². The summed E-state index contributed by atoms with van der Waals surface area (Å²) < 4.78 is 15.1. The van der Waals surface area contributed by atoms with Crippen LogP contribution in [0.4, 0.5) is 10.3 Å². The van der Waals surface area contributed by atoms with Crippen LogP contribution in [0.3, 0.4) is 0 Å². The van der Waals surface area contributed by atoms with Crippen LogP contribution in [0.2, 0.25) is 0 Å². The van der Waals surface area contributed by atoms with Gasteiger partial charge in [0.1, 0.15) is 12.2 Å². The van der Waals surface area contributed by atoms with E-state index in [-0.39, 0.29) is 5.82 Å². The first-order chi connectivity index (χ1) is 9.24. The van der Waals surface area contributed by atoms with E-state index in [0.717, 1.165) is 25.9 Å². The van der Waals surface area contributed by atoms with Gasteiger partial charge in [-0.3, -0.25) is 0 Å². The molecule has 0 N–H and O–H groups in total. The molecular weight excluding hydrogens is 247 g/mol. The summed E-state index contributed by atoms with van der Waals surface area (Å²) in [5, 5.41) is 4.08. The molecule has 1 fully saturated rings. The third-order valence-electron chi connectivity index (χ3n) is 3.18. The average Bonchev–Trinajstić information content (AvgIpc) is 2.87. The van der Waals surface area contributed by atoms with Gasteiger partial charge < -0.3 is 4.90 Å². The van der Waals surface area contributed by atoms with E-state index in [1.807, 2.05) is 0 Å². The van der Waals surface area contributed by atoms with Crippen molar-refractivity contribution >= 4 is 5.95 Å². The maximum Gasteiger partial charge on any atom is 0.227 e. The Hall–Kier alpha value is -2.05. The summed E-state index contributed by atoms with van der Waals surface area (Å²) in [5.74, 6) is 0.795. The Balaban J connectivity index is 1.95. The van der Waals surface area contributed by atoms with E-state index in [4.69, 9.17) is 0 Å². The van der Waals surface area contributed by atoms with E-state index < -0.39 is 5.82 Å². The lowest BCUT2D eigenvalue weighted by Gasteiger charge is -2.26. The normalized spacial score (nSPS) is 15.8. The van der Waals surface area contributed by atoms with Crippen molar-refractivity contribution in [1.82, 2.24) is 24.7 Å². The molecule has 19 heavy (non-hydrogen) atoms. The topological polar surface area (TPSA) is 59.7 Å². The van der Waals surface area contributed by atoms with Crippen LogP contribution < -0.4 is 4.90 Å². The molecule has 0 spiro atoms. The van der Waals surface area contributed by atoms with Gasteiger partial charge in [-0.2, -0.15) is 14.8 Å². The van der Waals surface area contributed by atoms with Crippen molar-refractivity contribution in [3.05, 3.63) is 24.2 Å². The summed E-state index contributed by atoms with van der Waals surface area (Å²) in [4.78, 5) is 14.4. The van der Waals surface area contributed by atoms with Crippen LogP contribution in [0.1, 0.15) is 25.1 Å². The largest absolute Gasteiger partial charge is 0.341 e. The number of piperidine rings is 1. The molecule has 3 heterocycles. The van der Waals surface area contributed by atoms with E-state index in [0.29, 0.717) is 11.8 Å². The second-order valence-electron chi connectivity index (χ2n) is 4.63. The van der Waals surface area contributed by atoms with Crippen LogP contribution in [0.15, 0.2) is 12.5 Å². The first-order valence-electron chi connectivity index (χ1n) is 6.40. The molecule has 0 bridgehead atoms. The summed E-state index contributed by atoms with van der Waals surface area (Å²) in [7, 11) is 0. The molecule has 2 aromatic rings. The average molecular weight is 262 g/mol. The van der Waals surface area contributed by atoms with E-state index in [2.05, 4.69) is 25.0 Å². The maximum absolute atomic E-state index is 13.8. The number of hydrogen-bond donors (Lipinski definition) is 0. The highest BCUT2D eigenvalue weighted by Crippen LogP contribution is 2.18. The Labute approximate surface area is 110 Å². The Kier molecular flexibility index (Phi) is 3.10. The molecule has 2 aromatic heterocycles. The Morgan fingerprint density at radius 1 is 1.16 bits per heavy atom. The summed E-state index contributed by atoms with van der Waals surface area (Å²) >= 11 is 0. The fourth-order valence-electron chi connectivity index (χ4n) is 2.20. The van der Waals surface area contributed by atoms with E-state index in [1.54, 1.807) is 6.92 Å². The molecule has 0 radical (unpaired) electrons. The zero-order valence-electron chi connectivity index (χ0n) is 10.8. The second-order valence-corrected chi connectivity index (χ2v) is 4.63. The predicted molar refractivity (Wildman–Crippen MR) is 67.7 cm³/mol. The quantitative estimate of drug-likeness (QED) is 0.820. The highest BCUT2D eigenvalue weighted by molar-refractivity contribution is 5.35. The zero-order valence-corrected chi connectivity index (χ0v) is 10.8. The van der Waals surface area contributed by atoms with Crippen LogP contribution in [0.5, 0.6) is 0 Å². The SMILES string of the molecule is Cc1ncn(-c2nc(N3CCCCC3)ncc2F)n1. The smallest absolute Gasteiger partial charge is 0.227 e. The van der Waals surface area contributed by atoms with Crippen LogP contribution in [0, 0.1) is 12.7 Å². The van der Waals surface area contributed by atoms with Gasteiger partial charge in [0.15, 0.2) is 11.6 Å². The molecule has 7 heteroatoms. The summed E-state index contributed by atoms with van der Waals surface area (Å²) in [6.45, 7) is 3.59. The molecular formula is C12H15FN6. The molecule has 3 rings (SSSR count). The molecule has 6 nitrogen and oxygen atoms in total. The number of aromatic nitrogens is 5. The van der Waals surface area contributed by atoms with Gasteiger partial charge in [0.25, 0.3) is 0 Å². The van der Waals surface area contributed by atoms with Crippen LogP contribution in [-0.4, -0.2) is 37.8 Å². The molecule has 0 aliphatic carbocycles. The van der Waals surface area contributed by atoms with Gasteiger partial charge in [-0.1, -0.05) is 0 Å². The van der Waals surface area contributed by atoms with E-state index in [1.165, 1.54) is 23.6 Å². The lowest BCUT2D eigenvalue weighted by atomic mass is 10.1. The van der Waals surface area contributed by atoms with Crippen LogP contribution in [-0.2, 0) is 0 Å². The Morgan fingerprint density at radius 3 is 2.63 bits per heavy atom. The number of rotatable bonds is 2. The maximum atomic E-state index is 13.8. The monoisotopic (exact) mass is 262 g/mol. The van der Waals surface area contributed by atoms with E-state index in [9.17, 15) is 4.39 Å². The minimum atomic E-state index is -0.495. The van der Waals surface area contributed by atoms with Gasteiger partial charge in [0.05, 0.1) is 6.20 Å². The van der Waals surface area contributed by atoms with Gasteiger partial charge in [-0.15, -0.1) is 0 Å². The lowest BCUT2D eigenvalue weighted by Crippen LogP contribution is -2.31. The number of aryl methyl sites for hydroxylation is 1. The fourth-order valence-corrected chi connectivity index (χ4v) is 2.20. The van der Waals surface area contributed by atoms with Crippen molar-refractivity contribution in [1.29, 1.82) is 0 Å². The Morgan fingerprint density at radius 2 is 1.95 bits per heavy atom. The van der Waals surface area contributed by atoms with Crippen molar-refractivity contribution < 1.29 is 4.39 Å². The van der Waals surface area contributed by atoms with Gasteiger partial charge in [-0.05, 0) is 26.2 Å². The molecule has 0 aromatic carbocycles. The molecule has 0 atom stereocenters. The second kappa shape index (κ2) is 4.91. The molecule has 0 amide bonds. The van der Waals surface area contributed by atoms with Crippen molar-refractivity contribution in [3.8, 4) is 5.82 Å². The number of nitrogens with zero attached hydrogens (tertiary/aromatic N) is 6. The van der Waals surface area contributed by atoms with Crippen LogP contribution >= 0.6 is 0 Å². The molecule has 1 aliphatic heterocycles. The number of hydrogen-bond acceptors (Lipinski definition) is 5. The minimum Gasteiger partial charge on any atom is -0.341 e. The zero-order chi connectivity index (χ0) is 13.2. The standard InChI is InChI=1S/C12H15FN6/c1-9-15-8-19(17-9)11-10(13)7-14-12(16-11)18-5-3-2-4-6-18/h7-8H,2-6H2,1H3. The Bertz CT molecular complexity index is 575. The third kappa shape index (κ3) is 2.40. The highest BCUT2D eigenvalue weighted by atomic mass is 19.1. The molecule has 1 aliphatic rings. The predicted octanol–water partition coefficient (Wildman–Crippen LogP) is 1.50. The summed E-state index contributed by atoms with van der Waals surface area (Å²) in [6.07, 6.45) is 6.13. The minimum absolute atomic E-state index is 0.149. The fraction of sp³-hybridized carbons (Fsp3) is 0.500. The third-order valence-corrected chi connectivity index (χ3v) is 3.18. The summed E-state index contributed by atoms with van der Waals surface area (Å²) in [5.41, 5.74) is 0. The van der Waals surface area contributed by atoms with Gasteiger partial charge in [0.2, 0.25) is 5.95 Å². The van der Waals surface area contributed by atoms with E-state index >= 15 is 0 Å². The molecule has 100 valence electrons. The van der Waals surface area contributed by atoms with Crippen molar-refractivity contribution in [2.75, 3.05) is 18.0 Å². The molecule has 1 saturated heterocycles. The van der Waals surface area contributed by atoms with Crippen LogP contribution in [0.25, 0.3) is 5.82 Å². The number of halogens is 1.